The van der Waals surface area contributed by atoms with E-state index in [1.54, 1.807) is 0 Å². The quantitative estimate of drug-likeness (QED) is 0.418. The minimum atomic E-state index is -0.136. The highest BCUT2D eigenvalue weighted by molar-refractivity contribution is 5.29. The molecule has 0 aromatic heterocycles. The molecule has 0 aliphatic rings. The molecule has 0 amide bonds. The highest BCUT2D eigenvalue weighted by Crippen LogP contribution is 2.20. The lowest BCUT2D eigenvalue weighted by Gasteiger charge is -2.11. The second-order valence-corrected chi connectivity index (χ2v) is 3.62. The van der Waals surface area contributed by atoms with E-state index in [9.17, 15) is 0 Å². The van der Waals surface area contributed by atoms with E-state index in [1.165, 1.54) is 0 Å². The molecule has 0 aliphatic carbocycles. The van der Waals surface area contributed by atoms with E-state index in [2.05, 4.69) is 10.0 Å². The van der Waals surface area contributed by atoms with Gasteiger partial charge in [-0.3, -0.25) is 0 Å². The average Bonchev–Trinajstić information content (AvgIpc) is 2.18. The summed E-state index contributed by atoms with van der Waals surface area (Å²) in [4.78, 5) is 2.78. The zero-order chi connectivity index (χ0) is 11.3. The van der Waals surface area contributed by atoms with Gasteiger partial charge >= 0.3 is 0 Å². The lowest BCUT2D eigenvalue weighted by atomic mass is 10.1. The summed E-state index contributed by atoms with van der Waals surface area (Å²) in [5, 5.41) is 3.63. The third-order valence-electron chi connectivity index (χ3n) is 1.96. The molecule has 0 unspecified atom stereocenters. The lowest BCUT2D eigenvalue weighted by molar-refractivity contribution is 0.242. The van der Waals surface area contributed by atoms with Crippen molar-refractivity contribution in [1.29, 1.82) is 0 Å². The summed E-state index contributed by atoms with van der Waals surface area (Å²) in [5.74, 6) is 0.835. The molecule has 1 aromatic rings. The molecule has 0 N–H and O–H groups in total. The van der Waals surface area contributed by atoms with Crippen molar-refractivity contribution in [3.8, 4) is 5.75 Å². The van der Waals surface area contributed by atoms with Crippen LogP contribution in [0.3, 0.4) is 0 Å². The summed E-state index contributed by atoms with van der Waals surface area (Å²) in [7, 11) is 0. The van der Waals surface area contributed by atoms with Crippen LogP contribution in [0.4, 0.5) is 0 Å². The van der Waals surface area contributed by atoms with Crippen molar-refractivity contribution in [3.63, 3.8) is 0 Å². The Labute approximate surface area is 89.5 Å². The topological polar surface area (TPSA) is 58.0 Å². The highest BCUT2D eigenvalue weighted by atomic mass is 16.5. The maximum absolute atomic E-state index is 8.31. The molecule has 0 saturated heterocycles. The maximum atomic E-state index is 8.31. The van der Waals surface area contributed by atoms with Gasteiger partial charge in [0.2, 0.25) is 0 Å². The van der Waals surface area contributed by atoms with Crippen LogP contribution in [0.25, 0.3) is 10.4 Å². The van der Waals surface area contributed by atoms with Gasteiger partial charge in [-0.25, -0.2) is 0 Å². The number of benzene rings is 1. The molecule has 4 nitrogen and oxygen atoms in total. The van der Waals surface area contributed by atoms with Gasteiger partial charge in [0.05, 0.1) is 12.1 Å². The molecular formula is C11H15N3O. The van der Waals surface area contributed by atoms with Crippen molar-refractivity contribution in [3.05, 3.63) is 40.3 Å². The first-order valence-corrected chi connectivity index (χ1v) is 4.94. The number of ether oxygens (including phenoxy) is 1. The SMILES string of the molecule is CC(C)Oc1ccc([C@@H](C)N=[N+]=[N-])cc1. The van der Waals surface area contributed by atoms with Crippen LogP contribution in [-0.4, -0.2) is 6.10 Å². The van der Waals surface area contributed by atoms with E-state index < -0.39 is 0 Å². The minimum Gasteiger partial charge on any atom is -0.491 e. The Balaban J connectivity index is 2.75. The normalized spacial score (nSPS) is 12.0. The summed E-state index contributed by atoms with van der Waals surface area (Å²) < 4.78 is 5.51. The second kappa shape index (κ2) is 5.27. The molecule has 0 bridgehead atoms. The summed E-state index contributed by atoms with van der Waals surface area (Å²) in [6, 6.07) is 7.47. The molecule has 1 aromatic carbocycles. The van der Waals surface area contributed by atoms with Crippen molar-refractivity contribution < 1.29 is 4.74 Å². The Morgan fingerprint density at radius 3 is 2.27 bits per heavy atom. The van der Waals surface area contributed by atoms with Gasteiger partial charge in [0.1, 0.15) is 5.75 Å². The summed E-state index contributed by atoms with van der Waals surface area (Å²) >= 11 is 0. The van der Waals surface area contributed by atoms with E-state index in [4.69, 9.17) is 10.3 Å². The Bertz CT molecular complexity index is 353. The fourth-order valence-corrected chi connectivity index (χ4v) is 1.24. The van der Waals surface area contributed by atoms with Crippen LogP contribution in [0.1, 0.15) is 32.4 Å². The molecule has 1 atom stereocenters. The molecule has 1 rings (SSSR count). The molecule has 0 fully saturated rings. The van der Waals surface area contributed by atoms with Crippen LogP contribution in [0.15, 0.2) is 29.4 Å². The van der Waals surface area contributed by atoms with Gasteiger partial charge in [-0.1, -0.05) is 24.2 Å². The van der Waals surface area contributed by atoms with E-state index in [-0.39, 0.29) is 12.1 Å². The van der Waals surface area contributed by atoms with Gasteiger partial charge in [-0.15, -0.1) is 0 Å². The Hall–Kier alpha value is -1.67. The smallest absolute Gasteiger partial charge is 0.119 e. The van der Waals surface area contributed by atoms with E-state index >= 15 is 0 Å². The highest BCUT2D eigenvalue weighted by Gasteiger charge is 2.03. The van der Waals surface area contributed by atoms with Gasteiger partial charge in [0, 0.05) is 4.91 Å². The average molecular weight is 205 g/mol. The van der Waals surface area contributed by atoms with Crippen molar-refractivity contribution in [1.82, 2.24) is 0 Å². The molecular weight excluding hydrogens is 190 g/mol. The van der Waals surface area contributed by atoms with Crippen LogP contribution in [0.5, 0.6) is 5.75 Å². The standard InChI is InChI=1S/C11H15N3O/c1-8(2)15-11-6-4-10(5-7-11)9(3)13-14-12/h4-9H,1-3H3/t9-/m1/s1. The minimum absolute atomic E-state index is 0.136. The van der Waals surface area contributed by atoms with Crippen molar-refractivity contribution in [2.45, 2.75) is 32.9 Å². The van der Waals surface area contributed by atoms with Gasteiger partial charge in [0.25, 0.3) is 0 Å². The number of hydrogen-bond donors (Lipinski definition) is 0. The second-order valence-electron chi connectivity index (χ2n) is 3.62. The zero-order valence-corrected chi connectivity index (χ0v) is 9.21. The van der Waals surface area contributed by atoms with Crippen molar-refractivity contribution in [2.75, 3.05) is 0 Å². The van der Waals surface area contributed by atoms with Gasteiger partial charge in [-0.05, 0) is 37.1 Å². The first kappa shape index (κ1) is 11.4. The third kappa shape index (κ3) is 3.52. The monoisotopic (exact) mass is 205 g/mol. The fourth-order valence-electron chi connectivity index (χ4n) is 1.24. The summed E-state index contributed by atoms with van der Waals surface area (Å²) in [6.07, 6.45) is 0.172. The molecule has 0 radical (unpaired) electrons. The molecule has 4 heteroatoms. The van der Waals surface area contributed by atoms with Crippen molar-refractivity contribution >= 4 is 0 Å². The predicted molar refractivity (Wildman–Crippen MR) is 59.8 cm³/mol. The molecule has 0 saturated carbocycles. The van der Waals surface area contributed by atoms with E-state index in [0.717, 1.165) is 11.3 Å². The molecule has 80 valence electrons. The summed E-state index contributed by atoms with van der Waals surface area (Å²) in [6.45, 7) is 5.82. The van der Waals surface area contributed by atoms with Crippen LogP contribution < -0.4 is 4.74 Å². The molecule has 0 spiro atoms. The third-order valence-corrected chi connectivity index (χ3v) is 1.96. The zero-order valence-electron chi connectivity index (χ0n) is 9.21. The number of azide groups is 1. The van der Waals surface area contributed by atoms with Crippen LogP contribution >= 0.6 is 0 Å². The fraction of sp³-hybridized carbons (Fsp3) is 0.455. The Kier molecular flexibility index (Phi) is 4.01. The summed E-state index contributed by atoms with van der Waals surface area (Å²) in [5.41, 5.74) is 9.29. The van der Waals surface area contributed by atoms with Crippen LogP contribution in [0.2, 0.25) is 0 Å². The van der Waals surface area contributed by atoms with Crippen LogP contribution in [-0.2, 0) is 0 Å². The molecule has 0 aliphatic heterocycles. The number of nitrogens with zero attached hydrogens (tertiary/aromatic N) is 3. The maximum Gasteiger partial charge on any atom is 0.119 e. The molecule has 0 heterocycles. The number of hydrogen-bond acceptors (Lipinski definition) is 2. The number of rotatable bonds is 4. The van der Waals surface area contributed by atoms with Gasteiger partial charge in [-0.2, -0.15) is 0 Å². The first-order valence-electron chi connectivity index (χ1n) is 4.94. The lowest BCUT2D eigenvalue weighted by Crippen LogP contribution is -2.05. The van der Waals surface area contributed by atoms with E-state index in [0.29, 0.717) is 0 Å². The van der Waals surface area contributed by atoms with E-state index in [1.807, 2.05) is 45.0 Å². The predicted octanol–water partition coefficient (Wildman–Crippen LogP) is 3.85. The van der Waals surface area contributed by atoms with Gasteiger partial charge < -0.3 is 4.74 Å². The first-order chi connectivity index (χ1) is 7.13. The van der Waals surface area contributed by atoms with Gasteiger partial charge in [0.15, 0.2) is 0 Å². The Morgan fingerprint density at radius 2 is 1.80 bits per heavy atom. The van der Waals surface area contributed by atoms with Crippen molar-refractivity contribution in [2.24, 2.45) is 5.11 Å². The largest absolute Gasteiger partial charge is 0.491 e. The Morgan fingerprint density at radius 1 is 1.20 bits per heavy atom. The molecule has 15 heavy (non-hydrogen) atoms. The van der Waals surface area contributed by atoms with Crippen LogP contribution in [0, 0.1) is 0 Å².